The first-order valence-corrected chi connectivity index (χ1v) is 5.89. The molecule has 0 N–H and O–H groups in total. The smallest absolute Gasteiger partial charge is 0.110 e. The summed E-state index contributed by atoms with van der Waals surface area (Å²) in [6.45, 7) is 18.0. The van der Waals surface area contributed by atoms with Gasteiger partial charge in [-0.2, -0.15) is 0 Å². The van der Waals surface area contributed by atoms with E-state index < -0.39 is 0 Å². The van der Waals surface area contributed by atoms with E-state index >= 15 is 0 Å². The van der Waals surface area contributed by atoms with Crippen LogP contribution in [0.3, 0.4) is 0 Å². The molecule has 1 rings (SSSR count). The third kappa shape index (κ3) is 2.38. The summed E-state index contributed by atoms with van der Waals surface area (Å²) in [4.78, 5) is 0. The van der Waals surface area contributed by atoms with Gasteiger partial charge in [-0.1, -0.05) is 41.5 Å². The Morgan fingerprint density at radius 3 is 1.60 bits per heavy atom. The van der Waals surface area contributed by atoms with Crippen LogP contribution >= 0.6 is 0 Å². The monoisotopic (exact) mass is 210 g/mol. The molecule has 1 aliphatic rings. The van der Waals surface area contributed by atoms with E-state index in [0.717, 1.165) is 5.76 Å². The van der Waals surface area contributed by atoms with Gasteiger partial charge < -0.3 is 4.74 Å². The van der Waals surface area contributed by atoms with Crippen molar-refractivity contribution >= 4 is 0 Å². The van der Waals surface area contributed by atoms with E-state index in [1.54, 1.807) is 0 Å². The van der Waals surface area contributed by atoms with E-state index in [9.17, 15) is 0 Å². The Kier molecular flexibility index (Phi) is 2.97. The zero-order valence-electron chi connectivity index (χ0n) is 11.6. The van der Waals surface area contributed by atoms with Crippen LogP contribution in [0.4, 0.5) is 0 Å². The third-order valence-corrected chi connectivity index (χ3v) is 3.41. The molecule has 1 heteroatoms. The van der Waals surface area contributed by atoms with Crippen LogP contribution < -0.4 is 0 Å². The average molecular weight is 210 g/mol. The van der Waals surface area contributed by atoms with Gasteiger partial charge in [-0.15, -0.1) is 0 Å². The van der Waals surface area contributed by atoms with Crippen LogP contribution in [0.1, 0.15) is 55.4 Å². The highest BCUT2D eigenvalue weighted by atomic mass is 16.5. The van der Waals surface area contributed by atoms with Crippen LogP contribution in [0.5, 0.6) is 0 Å². The van der Waals surface area contributed by atoms with Crippen LogP contribution in [-0.4, -0.2) is 6.10 Å². The molecule has 15 heavy (non-hydrogen) atoms. The number of ether oxygens (including phenoxy) is 1. The van der Waals surface area contributed by atoms with E-state index in [1.165, 1.54) is 5.57 Å². The minimum absolute atomic E-state index is 0.205. The van der Waals surface area contributed by atoms with Gasteiger partial charge in [-0.25, -0.2) is 0 Å². The zero-order chi connectivity index (χ0) is 12.0. The molecule has 0 aromatic rings. The Morgan fingerprint density at radius 2 is 1.33 bits per heavy atom. The number of rotatable bonds is 0. The van der Waals surface area contributed by atoms with Gasteiger partial charge >= 0.3 is 0 Å². The van der Waals surface area contributed by atoms with Crippen LogP contribution in [0.2, 0.25) is 0 Å². The topological polar surface area (TPSA) is 9.23 Å². The lowest BCUT2D eigenvalue weighted by molar-refractivity contribution is -0.00938. The molecular formula is C14H26O. The van der Waals surface area contributed by atoms with Crippen molar-refractivity contribution in [2.45, 2.75) is 61.5 Å². The molecule has 1 heterocycles. The summed E-state index contributed by atoms with van der Waals surface area (Å²) in [6, 6.07) is 0. The molecule has 0 radical (unpaired) electrons. The first-order valence-electron chi connectivity index (χ1n) is 5.89. The molecule has 1 nitrogen and oxygen atoms in total. The van der Waals surface area contributed by atoms with Gasteiger partial charge in [0.05, 0.1) is 5.76 Å². The summed E-state index contributed by atoms with van der Waals surface area (Å²) >= 11 is 0. The van der Waals surface area contributed by atoms with Gasteiger partial charge in [-0.05, 0) is 30.3 Å². The van der Waals surface area contributed by atoms with E-state index in [1.807, 2.05) is 0 Å². The highest BCUT2D eigenvalue weighted by Crippen LogP contribution is 2.48. The molecule has 0 spiro atoms. The Bertz CT molecular complexity index is 273. The summed E-state index contributed by atoms with van der Waals surface area (Å²) in [5.74, 6) is 1.67. The molecule has 1 aliphatic heterocycles. The largest absolute Gasteiger partial charge is 0.494 e. The standard InChI is InChI=1S/C14H26O/c1-9-10(2)15-12(14(6,7)8)11(9)13(3,4)5/h11-12H,1-8H3. The maximum atomic E-state index is 6.06. The maximum absolute atomic E-state index is 6.06. The highest BCUT2D eigenvalue weighted by molar-refractivity contribution is 5.20. The van der Waals surface area contributed by atoms with E-state index in [0.29, 0.717) is 12.0 Å². The molecule has 0 saturated heterocycles. The predicted octanol–water partition coefficient (Wildman–Crippen LogP) is 4.39. The Hall–Kier alpha value is -0.460. The van der Waals surface area contributed by atoms with Crippen LogP contribution in [0, 0.1) is 16.7 Å². The first-order chi connectivity index (χ1) is 6.55. The third-order valence-electron chi connectivity index (χ3n) is 3.41. The molecule has 2 atom stereocenters. The quantitative estimate of drug-likeness (QED) is 0.576. The zero-order valence-corrected chi connectivity index (χ0v) is 11.6. The highest BCUT2D eigenvalue weighted by Gasteiger charge is 2.45. The number of hydrogen-bond donors (Lipinski definition) is 0. The lowest BCUT2D eigenvalue weighted by atomic mass is 9.68. The van der Waals surface area contributed by atoms with Crippen molar-refractivity contribution in [1.82, 2.24) is 0 Å². The molecule has 0 amide bonds. The van der Waals surface area contributed by atoms with Crippen LogP contribution in [-0.2, 0) is 4.74 Å². The minimum Gasteiger partial charge on any atom is -0.494 e. The Labute approximate surface area is 94.9 Å². The molecule has 0 aromatic carbocycles. The van der Waals surface area contributed by atoms with Crippen molar-refractivity contribution in [1.29, 1.82) is 0 Å². The van der Waals surface area contributed by atoms with Gasteiger partial charge in [0.2, 0.25) is 0 Å². The SMILES string of the molecule is CC1=C(C)C(C(C)(C)C)C(C(C)(C)C)O1. The normalized spacial score (nSPS) is 28.3. The minimum atomic E-state index is 0.205. The summed E-state index contributed by atoms with van der Waals surface area (Å²) in [7, 11) is 0. The maximum Gasteiger partial charge on any atom is 0.110 e. The van der Waals surface area contributed by atoms with Crippen molar-refractivity contribution in [3.8, 4) is 0 Å². The summed E-state index contributed by atoms with van der Waals surface area (Å²) in [6.07, 6.45) is 0.317. The lowest BCUT2D eigenvalue weighted by Gasteiger charge is -2.39. The summed E-state index contributed by atoms with van der Waals surface area (Å²) in [5, 5.41) is 0. The van der Waals surface area contributed by atoms with E-state index in [-0.39, 0.29) is 10.8 Å². The molecule has 0 saturated carbocycles. The molecule has 2 unspecified atom stereocenters. The van der Waals surface area contributed by atoms with Crippen LogP contribution in [0.15, 0.2) is 11.3 Å². The van der Waals surface area contributed by atoms with Gasteiger partial charge in [0, 0.05) is 5.92 Å². The summed E-state index contributed by atoms with van der Waals surface area (Å²) < 4.78 is 6.06. The molecule has 0 fully saturated rings. The average Bonchev–Trinajstić information content (AvgIpc) is 2.25. The summed E-state index contributed by atoms with van der Waals surface area (Å²) in [5.41, 5.74) is 1.92. The first kappa shape index (κ1) is 12.6. The van der Waals surface area contributed by atoms with Crippen molar-refractivity contribution in [3.63, 3.8) is 0 Å². The second kappa shape index (κ2) is 3.54. The fourth-order valence-corrected chi connectivity index (χ4v) is 2.58. The van der Waals surface area contributed by atoms with Gasteiger partial charge in [0.25, 0.3) is 0 Å². The van der Waals surface area contributed by atoms with Crippen molar-refractivity contribution in [3.05, 3.63) is 11.3 Å². The number of allylic oxidation sites excluding steroid dienone is 1. The van der Waals surface area contributed by atoms with Gasteiger partial charge in [0.15, 0.2) is 0 Å². The van der Waals surface area contributed by atoms with E-state index in [4.69, 9.17) is 4.74 Å². The van der Waals surface area contributed by atoms with Crippen molar-refractivity contribution in [2.75, 3.05) is 0 Å². The number of hydrogen-bond acceptors (Lipinski definition) is 1. The second-order valence-electron chi connectivity index (χ2n) is 6.99. The predicted molar refractivity (Wildman–Crippen MR) is 65.6 cm³/mol. The molecule has 0 bridgehead atoms. The molecule has 0 aliphatic carbocycles. The Balaban J connectivity index is 3.07. The van der Waals surface area contributed by atoms with Gasteiger partial charge in [-0.3, -0.25) is 0 Å². The fourth-order valence-electron chi connectivity index (χ4n) is 2.58. The van der Waals surface area contributed by atoms with Crippen molar-refractivity contribution in [2.24, 2.45) is 16.7 Å². The second-order valence-corrected chi connectivity index (χ2v) is 6.99. The fraction of sp³-hybridized carbons (Fsp3) is 0.857. The molecule has 0 aromatic heterocycles. The lowest BCUT2D eigenvalue weighted by Crippen LogP contribution is -2.39. The Morgan fingerprint density at radius 1 is 0.867 bits per heavy atom. The van der Waals surface area contributed by atoms with Gasteiger partial charge in [0.1, 0.15) is 6.10 Å². The van der Waals surface area contributed by atoms with E-state index in [2.05, 4.69) is 55.4 Å². The van der Waals surface area contributed by atoms with Crippen molar-refractivity contribution < 1.29 is 4.74 Å². The van der Waals surface area contributed by atoms with Crippen LogP contribution in [0.25, 0.3) is 0 Å². The molecule has 88 valence electrons. The molecular weight excluding hydrogens is 184 g/mol.